The van der Waals surface area contributed by atoms with Gasteiger partial charge in [-0.1, -0.05) is 37.6 Å². The Labute approximate surface area is 155 Å². The Balaban J connectivity index is 0.00000484. The average Bonchev–Trinajstić information content (AvgIpc) is 2.55. The number of nitrogens with two attached hydrogens (primary N) is 1. The second-order valence-corrected chi connectivity index (χ2v) is 7.02. The second-order valence-electron chi connectivity index (χ2n) is 5.60. The van der Waals surface area contributed by atoms with Gasteiger partial charge in [0.25, 0.3) is 0 Å². The van der Waals surface area contributed by atoms with Crippen LogP contribution in [0.15, 0.2) is 24.3 Å². The predicted molar refractivity (Wildman–Crippen MR) is 105 cm³/mol. The minimum absolute atomic E-state index is 0. The number of carbonyl (C=O) groups excluding carboxylic acids is 1. The maximum Gasteiger partial charge on any atom is 0.236 e. The lowest BCUT2D eigenvalue weighted by atomic mass is 9.75. The van der Waals surface area contributed by atoms with Crippen molar-refractivity contribution < 1.29 is 4.79 Å². The molecule has 1 atom stereocenters. The lowest BCUT2D eigenvalue weighted by molar-refractivity contribution is -0.122. The van der Waals surface area contributed by atoms with Gasteiger partial charge in [0.05, 0.1) is 6.04 Å². The van der Waals surface area contributed by atoms with Crippen molar-refractivity contribution in [3.05, 3.63) is 34.9 Å². The Kier molecular flexibility index (Phi) is 11.0. The van der Waals surface area contributed by atoms with Crippen molar-refractivity contribution in [1.29, 1.82) is 0 Å². The van der Waals surface area contributed by atoms with E-state index in [0.29, 0.717) is 13.0 Å². The molecule has 0 unspecified atom stereocenters. The second kappa shape index (κ2) is 11.2. The highest BCUT2D eigenvalue weighted by atomic mass is 35.5. The molecule has 0 saturated heterocycles. The molecule has 1 amide bonds. The molecule has 1 rings (SSSR count). The van der Waals surface area contributed by atoms with Gasteiger partial charge in [0.1, 0.15) is 0 Å². The summed E-state index contributed by atoms with van der Waals surface area (Å²) < 4.78 is 0. The van der Waals surface area contributed by atoms with Gasteiger partial charge in [-0.3, -0.25) is 4.79 Å². The van der Waals surface area contributed by atoms with Crippen LogP contribution in [0.25, 0.3) is 0 Å². The topological polar surface area (TPSA) is 55.1 Å². The molecular weight excluding hydrogens is 351 g/mol. The van der Waals surface area contributed by atoms with E-state index in [-0.39, 0.29) is 23.7 Å². The summed E-state index contributed by atoms with van der Waals surface area (Å²) in [5.74, 6) is 0.840. The SMILES string of the molecule is CCC(CC)(CNC(=O)[C@@H](N)CCSC)c1ccc(Cl)cc1.Cl. The molecule has 3 nitrogen and oxygen atoms in total. The Hall–Kier alpha value is -0.420. The third kappa shape index (κ3) is 6.54. The van der Waals surface area contributed by atoms with E-state index in [1.54, 1.807) is 11.8 Å². The number of halogens is 2. The highest BCUT2D eigenvalue weighted by molar-refractivity contribution is 7.98. The Morgan fingerprint density at radius 1 is 1.30 bits per heavy atom. The number of nitrogens with one attached hydrogen (secondary N) is 1. The minimum atomic E-state index is -0.427. The first-order valence-electron chi connectivity index (χ1n) is 7.77. The van der Waals surface area contributed by atoms with E-state index in [4.69, 9.17) is 17.3 Å². The Morgan fingerprint density at radius 3 is 2.35 bits per heavy atom. The van der Waals surface area contributed by atoms with Crippen LogP contribution >= 0.6 is 35.8 Å². The van der Waals surface area contributed by atoms with Crippen LogP contribution in [-0.4, -0.2) is 30.5 Å². The third-order valence-electron chi connectivity index (χ3n) is 4.38. The molecule has 0 aromatic heterocycles. The fourth-order valence-corrected chi connectivity index (χ4v) is 3.19. The molecule has 0 aliphatic heterocycles. The molecule has 1 aromatic rings. The molecule has 132 valence electrons. The number of hydrogen-bond donors (Lipinski definition) is 2. The molecule has 3 N–H and O–H groups in total. The van der Waals surface area contributed by atoms with Gasteiger partial charge >= 0.3 is 0 Å². The summed E-state index contributed by atoms with van der Waals surface area (Å²) in [6.45, 7) is 4.91. The normalized spacial score (nSPS) is 12.4. The van der Waals surface area contributed by atoms with E-state index < -0.39 is 6.04 Å². The maximum absolute atomic E-state index is 12.1. The van der Waals surface area contributed by atoms with Crippen molar-refractivity contribution in [2.75, 3.05) is 18.6 Å². The average molecular weight is 379 g/mol. The lowest BCUT2D eigenvalue weighted by Gasteiger charge is -2.33. The number of rotatable bonds is 9. The van der Waals surface area contributed by atoms with Gasteiger partial charge in [-0.2, -0.15) is 11.8 Å². The van der Waals surface area contributed by atoms with E-state index in [2.05, 4.69) is 31.3 Å². The van der Waals surface area contributed by atoms with Crippen LogP contribution in [0.3, 0.4) is 0 Å². The van der Waals surface area contributed by atoms with E-state index in [0.717, 1.165) is 23.6 Å². The number of amides is 1. The van der Waals surface area contributed by atoms with Gasteiger partial charge in [0.2, 0.25) is 5.91 Å². The van der Waals surface area contributed by atoms with E-state index in [9.17, 15) is 4.79 Å². The van der Waals surface area contributed by atoms with Gasteiger partial charge in [-0.25, -0.2) is 0 Å². The van der Waals surface area contributed by atoms with Crippen LogP contribution < -0.4 is 11.1 Å². The van der Waals surface area contributed by atoms with Gasteiger partial charge in [-0.05, 0) is 49.0 Å². The summed E-state index contributed by atoms with van der Waals surface area (Å²) in [6, 6.07) is 7.49. The zero-order valence-electron chi connectivity index (χ0n) is 14.1. The van der Waals surface area contributed by atoms with Gasteiger partial charge in [0, 0.05) is 17.0 Å². The van der Waals surface area contributed by atoms with Crippen molar-refractivity contribution in [3.63, 3.8) is 0 Å². The monoisotopic (exact) mass is 378 g/mol. The maximum atomic E-state index is 12.1. The lowest BCUT2D eigenvalue weighted by Crippen LogP contribution is -2.46. The van der Waals surface area contributed by atoms with Crippen LogP contribution in [0.1, 0.15) is 38.7 Å². The van der Waals surface area contributed by atoms with Crippen LogP contribution in [0.4, 0.5) is 0 Å². The summed E-state index contributed by atoms with van der Waals surface area (Å²) in [5, 5.41) is 3.77. The zero-order chi connectivity index (χ0) is 16.6. The largest absolute Gasteiger partial charge is 0.354 e. The highest BCUT2D eigenvalue weighted by Gasteiger charge is 2.29. The van der Waals surface area contributed by atoms with Crippen molar-refractivity contribution in [2.45, 2.75) is 44.6 Å². The number of thioether (sulfide) groups is 1. The molecule has 0 bridgehead atoms. The number of benzene rings is 1. The van der Waals surface area contributed by atoms with Gasteiger partial charge in [0.15, 0.2) is 0 Å². The van der Waals surface area contributed by atoms with Crippen molar-refractivity contribution >= 4 is 41.7 Å². The molecule has 0 heterocycles. The standard InChI is InChI=1S/C17H27ClN2OS.ClH/c1-4-17(5-2,13-6-8-14(18)9-7-13)12-20-16(21)15(19)10-11-22-3;/h6-9,15H,4-5,10-12,19H2,1-3H3,(H,20,21);1H/t15-;/m0./s1. The molecule has 23 heavy (non-hydrogen) atoms. The first kappa shape index (κ1) is 22.6. The number of hydrogen-bond acceptors (Lipinski definition) is 3. The highest BCUT2D eigenvalue weighted by Crippen LogP contribution is 2.31. The van der Waals surface area contributed by atoms with Crippen molar-refractivity contribution in [3.8, 4) is 0 Å². The van der Waals surface area contributed by atoms with Crippen molar-refractivity contribution in [1.82, 2.24) is 5.32 Å². The quantitative estimate of drug-likeness (QED) is 0.682. The van der Waals surface area contributed by atoms with Gasteiger partial charge < -0.3 is 11.1 Å². The Morgan fingerprint density at radius 2 is 1.87 bits per heavy atom. The van der Waals surface area contributed by atoms with Gasteiger partial charge in [-0.15, -0.1) is 12.4 Å². The van der Waals surface area contributed by atoms with Crippen LogP contribution in [0.2, 0.25) is 5.02 Å². The molecule has 0 fully saturated rings. The minimum Gasteiger partial charge on any atom is -0.354 e. The fourth-order valence-electron chi connectivity index (χ4n) is 2.58. The summed E-state index contributed by atoms with van der Waals surface area (Å²) in [4.78, 5) is 12.1. The summed E-state index contributed by atoms with van der Waals surface area (Å²) >= 11 is 7.68. The Bertz CT molecular complexity index is 464. The molecule has 6 heteroatoms. The van der Waals surface area contributed by atoms with E-state index >= 15 is 0 Å². The van der Waals surface area contributed by atoms with Crippen LogP contribution in [0, 0.1) is 0 Å². The zero-order valence-corrected chi connectivity index (χ0v) is 16.5. The summed E-state index contributed by atoms with van der Waals surface area (Å²) in [7, 11) is 0. The summed E-state index contributed by atoms with van der Waals surface area (Å²) in [5.41, 5.74) is 7.07. The molecule has 1 aromatic carbocycles. The van der Waals surface area contributed by atoms with E-state index in [1.165, 1.54) is 5.56 Å². The first-order chi connectivity index (χ1) is 10.5. The van der Waals surface area contributed by atoms with Crippen molar-refractivity contribution in [2.24, 2.45) is 5.73 Å². The molecule has 0 aliphatic rings. The third-order valence-corrected chi connectivity index (χ3v) is 5.28. The summed E-state index contributed by atoms with van der Waals surface area (Å²) in [6.07, 6.45) is 4.63. The molecule has 0 spiro atoms. The molecule has 0 saturated carbocycles. The molecular formula is C17H28Cl2N2OS. The first-order valence-corrected chi connectivity index (χ1v) is 9.54. The van der Waals surface area contributed by atoms with Crippen LogP contribution in [0.5, 0.6) is 0 Å². The number of carbonyl (C=O) groups is 1. The smallest absolute Gasteiger partial charge is 0.236 e. The predicted octanol–water partition coefficient (Wildman–Crippen LogP) is 4.02. The molecule has 0 radical (unpaired) electrons. The molecule has 0 aliphatic carbocycles. The fraction of sp³-hybridized carbons (Fsp3) is 0.588. The van der Waals surface area contributed by atoms with E-state index in [1.807, 2.05) is 18.4 Å². The van der Waals surface area contributed by atoms with Crippen LogP contribution in [-0.2, 0) is 10.2 Å².